The third kappa shape index (κ3) is 18.9. The monoisotopic (exact) mass is 739 g/mol. The van der Waals surface area contributed by atoms with Crippen molar-refractivity contribution in [1.82, 2.24) is 36.8 Å². The number of alkyl carbamates (subject to hydrolysis) is 1. The predicted octanol–water partition coefficient (Wildman–Crippen LogP) is 1.39. The molecule has 290 valence electrons. The van der Waals surface area contributed by atoms with Crippen LogP contribution in [0.2, 0.25) is 0 Å². The molecule has 0 saturated heterocycles. The Hall–Kier alpha value is -5.67. The van der Waals surface area contributed by atoms with Gasteiger partial charge in [-0.2, -0.15) is 0 Å². The van der Waals surface area contributed by atoms with Crippen molar-refractivity contribution >= 4 is 41.7 Å². The van der Waals surface area contributed by atoms with Gasteiger partial charge < -0.3 is 46.3 Å². The van der Waals surface area contributed by atoms with E-state index in [1.165, 1.54) is 7.05 Å². The van der Waals surface area contributed by atoms with E-state index in [4.69, 9.17) is 9.47 Å². The summed E-state index contributed by atoms with van der Waals surface area (Å²) >= 11 is 0. The molecule has 0 aromatic heterocycles. The van der Waals surface area contributed by atoms with E-state index in [1.54, 1.807) is 45.0 Å². The Morgan fingerprint density at radius 2 is 1.25 bits per heavy atom. The van der Waals surface area contributed by atoms with Crippen LogP contribution in [0.3, 0.4) is 0 Å². The Balaban J connectivity index is 1.85. The van der Waals surface area contributed by atoms with Gasteiger partial charge in [0.05, 0.1) is 6.54 Å². The SMILES string of the molecule is CC(C)C[C@H](NC(=O)[C@H](Cc1ccccc1)NC(=O)CNC(=O)OC(C)(C)C)C(=O)NCC(=O)NCCNC(=O)CN(C)C(=O)OCc1ccccc1. The molecule has 2 atom stereocenters. The Kier molecular flexibility index (Phi) is 18.3. The highest BCUT2D eigenvalue weighted by Crippen LogP contribution is 2.09. The number of ether oxygens (including phenoxy) is 2. The van der Waals surface area contributed by atoms with Crippen LogP contribution in [-0.2, 0) is 46.5 Å². The first-order chi connectivity index (χ1) is 25.0. The molecule has 6 N–H and O–H groups in total. The zero-order valence-electron chi connectivity index (χ0n) is 31.3. The van der Waals surface area contributed by atoms with Gasteiger partial charge in [-0.25, -0.2) is 9.59 Å². The lowest BCUT2D eigenvalue weighted by Gasteiger charge is -2.24. The Bertz CT molecular complexity index is 1520. The van der Waals surface area contributed by atoms with Gasteiger partial charge in [0.25, 0.3) is 0 Å². The third-order valence-corrected chi connectivity index (χ3v) is 7.16. The van der Waals surface area contributed by atoms with Crippen molar-refractivity contribution in [1.29, 1.82) is 0 Å². The van der Waals surface area contributed by atoms with Crippen LogP contribution in [0.1, 0.15) is 52.2 Å². The molecular weight excluding hydrogens is 686 g/mol. The summed E-state index contributed by atoms with van der Waals surface area (Å²) < 4.78 is 10.3. The van der Waals surface area contributed by atoms with E-state index in [2.05, 4.69) is 31.9 Å². The number of amides is 7. The molecule has 0 saturated carbocycles. The smallest absolute Gasteiger partial charge is 0.410 e. The number of hydrogen-bond acceptors (Lipinski definition) is 9. The molecule has 0 fully saturated rings. The van der Waals surface area contributed by atoms with Crippen molar-refractivity contribution in [3.8, 4) is 0 Å². The molecule has 2 rings (SSSR count). The van der Waals surface area contributed by atoms with Crippen molar-refractivity contribution in [2.24, 2.45) is 5.92 Å². The molecule has 0 heterocycles. The standard InChI is InChI=1S/C37H53N7O9/c1-25(2)19-28(43-34(49)29(20-26-13-9-7-10-14-26)42-31(46)22-41-35(50)53-37(3,4)5)33(48)40-21-30(45)38-17-18-39-32(47)23-44(6)36(51)52-24-27-15-11-8-12-16-27/h7-16,25,28-29H,17-24H2,1-6H3,(H,38,45)(H,39,47)(H,40,48)(H,41,50)(H,42,46)(H,43,49)/t28-,29-/m0/s1. The molecule has 0 unspecified atom stereocenters. The molecule has 0 aliphatic carbocycles. The van der Waals surface area contributed by atoms with Crippen LogP contribution in [0, 0.1) is 5.92 Å². The molecule has 0 spiro atoms. The number of benzene rings is 2. The van der Waals surface area contributed by atoms with Gasteiger partial charge in [0.2, 0.25) is 29.5 Å². The topological polar surface area (TPSA) is 213 Å². The first-order valence-corrected chi connectivity index (χ1v) is 17.4. The highest BCUT2D eigenvalue weighted by molar-refractivity contribution is 5.94. The number of nitrogens with zero attached hydrogens (tertiary/aromatic N) is 1. The van der Waals surface area contributed by atoms with Crippen LogP contribution >= 0.6 is 0 Å². The predicted molar refractivity (Wildman–Crippen MR) is 196 cm³/mol. The average molecular weight is 740 g/mol. The lowest BCUT2D eigenvalue weighted by atomic mass is 10.0. The van der Waals surface area contributed by atoms with Gasteiger partial charge in [0.15, 0.2) is 0 Å². The second-order valence-corrected chi connectivity index (χ2v) is 13.7. The highest BCUT2D eigenvalue weighted by atomic mass is 16.6. The number of carbonyl (C=O) groups is 7. The van der Waals surface area contributed by atoms with Gasteiger partial charge in [0, 0.05) is 26.6 Å². The summed E-state index contributed by atoms with van der Waals surface area (Å²) in [5.74, 6) is -2.88. The van der Waals surface area contributed by atoms with Crippen molar-refractivity contribution in [2.45, 2.75) is 71.8 Å². The van der Waals surface area contributed by atoms with Crippen LogP contribution in [0.5, 0.6) is 0 Å². The Morgan fingerprint density at radius 1 is 0.679 bits per heavy atom. The number of rotatable bonds is 19. The molecule has 2 aromatic carbocycles. The quantitative estimate of drug-likeness (QED) is 0.115. The molecule has 0 aliphatic rings. The highest BCUT2D eigenvalue weighted by Gasteiger charge is 2.28. The van der Waals surface area contributed by atoms with E-state index in [0.29, 0.717) is 0 Å². The summed E-state index contributed by atoms with van der Waals surface area (Å²) in [6.07, 6.45) is -1.11. The fourth-order valence-corrected chi connectivity index (χ4v) is 4.67. The lowest BCUT2D eigenvalue weighted by molar-refractivity contribution is -0.132. The normalized spacial score (nSPS) is 12.0. The van der Waals surface area contributed by atoms with Crippen molar-refractivity contribution in [2.75, 3.05) is 39.8 Å². The molecular formula is C37H53N7O9. The minimum absolute atomic E-state index is 0.0200. The van der Waals surface area contributed by atoms with E-state index in [1.807, 2.05) is 50.2 Å². The van der Waals surface area contributed by atoms with Crippen molar-refractivity contribution < 1.29 is 43.0 Å². The zero-order valence-corrected chi connectivity index (χ0v) is 31.3. The number of nitrogens with one attached hydrogen (secondary N) is 6. The summed E-state index contributed by atoms with van der Waals surface area (Å²) in [7, 11) is 1.43. The maximum absolute atomic E-state index is 13.5. The summed E-state index contributed by atoms with van der Waals surface area (Å²) in [5, 5.41) is 15.4. The maximum Gasteiger partial charge on any atom is 0.410 e. The molecule has 16 heteroatoms. The van der Waals surface area contributed by atoms with Gasteiger partial charge in [-0.1, -0.05) is 74.5 Å². The number of likely N-dealkylation sites (N-methyl/N-ethyl adjacent to an activating group) is 1. The second kappa shape index (κ2) is 22.3. The molecule has 53 heavy (non-hydrogen) atoms. The van der Waals surface area contributed by atoms with Crippen LogP contribution in [-0.4, -0.2) is 104 Å². The first kappa shape index (κ1) is 43.5. The molecule has 2 aromatic rings. The molecule has 0 aliphatic heterocycles. The van der Waals surface area contributed by atoms with E-state index < -0.39 is 72.5 Å². The summed E-state index contributed by atoms with van der Waals surface area (Å²) in [6.45, 7) is 7.89. The van der Waals surface area contributed by atoms with E-state index in [0.717, 1.165) is 16.0 Å². The number of hydrogen-bond donors (Lipinski definition) is 6. The van der Waals surface area contributed by atoms with Crippen molar-refractivity contribution in [3.63, 3.8) is 0 Å². The van der Waals surface area contributed by atoms with Crippen LogP contribution in [0.4, 0.5) is 9.59 Å². The van der Waals surface area contributed by atoms with Crippen LogP contribution in [0.25, 0.3) is 0 Å². The molecule has 16 nitrogen and oxygen atoms in total. The fraction of sp³-hybridized carbons (Fsp3) is 0.486. The number of carbonyl (C=O) groups excluding carboxylic acids is 7. The van der Waals surface area contributed by atoms with Gasteiger partial charge in [0.1, 0.15) is 37.4 Å². The Morgan fingerprint density at radius 3 is 1.83 bits per heavy atom. The van der Waals surface area contributed by atoms with Crippen LogP contribution < -0.4 is 31.9 Å². The van der Waals surface area contributed by atoms with Gasteiger partial charge >= 0.3 is 12.2 Å². The zero-order chi connectivity index (χ0) is 39.4. The second-order valence-electron chi connectivity index (χ2n) is 13.7. The average Bonchev–Trinajstić information content (AvgIpc) is 3.09. The minimum Gasteiger partial charge on any atom is -0.445 e. The fourth-order valence-electron chi connectivity index (χ4n) is 4.67. The van der Waals surface area contributed by atoms with Crippen LogP contribution in [0.15, 0.2) is 60.7 Å². The summed E-state index contributed by atoms with van der Waals surface area (Å²) in [5.41, 5.74) is 0.798. The van der Waals surface area contributed by atoms with E-state index in [-0.39, 0.29) is 45.0 Å². The lowest BCUT2D eigenvalue weighted by Crippen LogP contribution is -2.56. The summed E-state index contributed by atoms with van der Waals surface area (Å²) in [4.78, 5) is 89.4. The van der Waals surface area contributed by atoms with Gasteiger partial charge in [-0.3, -0.25) is 24.0 Å². The van der Waals surface area contributed by atoms with Gasteiger partial charge in [-0.15, -0.1) is 0 Å². The first-order valence-electron chi connectivity index (χ1n) is 17.4. The molecule has 0 bridgehead atoms. The summed E-state index contributed by atoms with van der Waals surface area (Å²) in [6, 6.07) is 16.0. The van der Waals surface area contributed by atoms with E-state index in [9.17, 15) is 33.6 Å². The minimum atomic E-state index is -1.09. The van der Waals surface area contributed by atoms with Crippen molar-refractivity contribution in [3.05, 3.63) is 71.8 Å². The maximum atomic E-state index is 13.5. The molecule has 7 amide bonds. The van der Waals surface area contributed by atoms with Gasteiger partial charge in [-0.05, 0) is 44.2 Å². The Labute approximate surface area is 310 Å². The largest absolute Gasteiger partial charge is 0.445 e. The molecule has 0 radical (unpaired) electrons. The van der Waals surface area contributed by atoms with E-state index >= 15 is 0 Å². The third-order valence-electron chi connectivity index (χ3n) is 7.16.